The van der Waals surface area contributed by atoms with E-state index in [0.29, 0.717) is 24.4 Å². The quantitative estimate of drug-likeness (QED) is 0.699. The zero-order chi connectivity index (χ0) is 21.5. The van der Waals surface area contributed by atoms with E-state index in [9.17, 15) is 19.8 Å². The van der Waals surface area contributed by atoms with Gasteiger partial charge in [0.2, 0.25) is 0 Å². The van der Waals surface area contributed by atoms with Crippen molar-refractivity contribution in [2.24, 2.45) is 5.92 Å². The van der Waals surface area contributed by atoms with Gasteiger partial charge in [0.25, 0.3) is 5.91 Å². The first-order chi connectivity index (χ1) is 14.3. The van der Waals surface area contributed by atoms with E-state index in [-0.39, 0.29) is 16.8 Å². The molecule has 1 aliphatic heterocycles. The normalized spacial score (nSPS) is 25.5. The maximum Gasteiger partial charge on any atom is 0.348 e. The number of thiophene rings is 1. The van der Waals surface area contributed by atoms with Crippen molar-refractivity contribution in [3.05, 3.63) is 40.1 Å². The van der Waals surface area contributed by atoms with Gasteiger partial charge in [0.1, 0.15) is 10.5 Å². The van der Waals surface area contributed by atoms with E-state index in [0.717, 1.165) is 53.7 Å². The summed E-state index contributed by atoms with van der Waals surface area (Å²) in [6, 6.07) is 7.84. The molecule has 160 valence electrons. The molecule has 0 spiro atoms. The number of benzene rings is 1. The molecule has 2 N–H and O–H groups in total. The summed E-state index contributed by atoms with van der Waals surface area (Å²) < 4.78 is 0. The second kappa shape index (κ2) is 8.16. The van der Waals surface area contributed by atoms with Crippen LogP contribution < -0.4 is 4.90 Å². The van der Waals surface area contributed by atoms with Crippen LogP contribution in [-0.4, -0.2) is 33.7 Å². The average molecular weight is 428 g/mol. The zero-order valence-corrected chi connectivity index (χ0v) is 18.4. The van der Waals surface area contributed by atoms with Gasteiger partial charge in [-0.05, 0) is 51.0 Å². The van der Waals surface area contributed by atoms with Crippen LogP contribution in [0, 0.1) is 12.8 Å². The topological polar surface area (TPSA) is 77.8 Å². The van der Waals surface area contributed by atoms with Crippen LogP contribution in [0.2, 0.25) is 0 Å². The molecule has 6 heteroatoms. The third-order valence-electron chi connectivity index (χ3n) is 6.69. The number of carboxylic acids is 1. The zero-order valence-electron chi connectivity index (χ0n) is 17.6. The molecule has 1 saturated heterocycles. The molecule has 0 bridgehead atoms. The van der Waals surface area contributed by atoms with Crippen molar-refractivity contribution < 1.29 is 19.8 Å². The van der Waals surface area contributed by atoms with Gasteiger partial charge in [0, 0.05) is 17.0 Å². The second-order valence-corrected chi connectivity index (χ2v) is 9.83. The highest BCUT2D eigenvalue weighted by molar-refractivity contribution is 7.13. The summed E-state index contributed by atoms with van der Waals surface area (Å²) in [5.41, 5.74) is 1.74. The number of carbonyl (C=O) groups is 2. The largest absolute Gasteiger partial charge is 0.477 e. The lowest BCUT2D eigenvalue weighted by atomic mass is 9.76. The molecule has 1 saturated carbocycles. The van der Waals surface area contributed by atoms with Gasteiger partial charge in [0.15, 0.2) is 0 Å². The average Bonchev–Trinajstić information content (AvgIpc) is 3.16. The van der Waals surface area contributed by atoms with Crippen molar-refractivity contribution in [1.82, 2.24) is 0 Å². The molecule has 30 heavy (non-hydrogen) atoms. The van der Waals surface area contributed by atoms with E-state index in [2.05, 4.69) is 0 Å². The Morgan fingerprint density at radius 2 is 1.80 bits per heavy atom. The number of rotatable bonds is 4. The van der Waals surface area contributed by atoms with Crippen molar-refractivity contribution in [2.45, 2.75) is 70.4 Å². The number of piperidine rings is 1. The fourth-order valence-electron chi connectivity index (χ4n) is 4.99. The Hall–Kier alpha value is -2.18. The number of anilines is 1. The predicted molar refractivity (Wildman–Crippen MR) is 119 cm³/mol. The van der Waals surface area contributed by atoms with Crippen LogP contribution in [0.1, 0.15) is 67.1 Å². The summed E-state index contributed by atoms with van der Waals surface area (Å²) in [6.07, 6.45) is 6.68. The number of aryl methyl sites for hydroxylation is 1. The van der Waals surface area contributed by atoms with Crippen molar-refractivity contribution in [1.29, 1.82) is 0 Å². The molecule has 1 aromatic carbocycles. The molecule has 1 amide bonds. The maximum atomic E-state index is 13.5. The lowest BCUT2D eigenvalue weighted by Crippen LogP contribution is -2.59. The predicted octanol–water partition coefficient (Wildman–Crippen LogP) is 5.25. The number of amides is 1. The van der Waals surface area contributed by atoms with Crippen molar-refractivity contribution in [3.63, 3.8) is 0 Å². The minimum atomic E-state index is -1.48. The maximum absolute atomic E-state index is 13.5. The van der Waals surface area contributed by atoms with Crippen LogP contribution in [0.15, 0.2) is 29.6 Å². The number of hydrogen-bond acceptors (Lipinski definition) is 4. The second-order valence-electron chi connectivity index (χ2n) is 8.95. The van der Waals surface area contributed by atoms with Gasteiger partial charge in [-0.3, -0.25) is 4.79 Å². The molecular formula is C24H29NO4S. The first kappa shape index (κ1) is 21.1. The summed E-state index contributed by atoms with van der Waals surface area (Å²) in [5.74, 6) is -1.07. The van der Waals surface area contributed by atoms with Crippen molar-refractivity contribution >= 4 is 28.9 Å². The highest BCUT2D eigenvalue weighted by atomic mass is 32.1. The highest BCUT2D eigenvalue weighted by Crippen LogP contribution is 2.46. The van der Waals surface area contributed by atoms with Gasteiger partial charge in [-0.15, -0.1) is 11.3 Å². The molecule has 5 nitrogen and oxygen atoms in total. The van der Waals surface area contributed by atoms with Gasteiger partial charge in [-0.2, -0.15) is 0 Å². The Morgan fingerprint density at radius 3 is 2.43 bits per heavy atom. The minimum absolute atomic E-state index is 0.0741. The Bertz CT molecular complexity index is 941. The Kier molecular flexibility index (Phi) is 5.73. The number of nitrogens with zero attached hydrogens (tertiary/aromatic N) is 1. The fraction of sp³-hybridized carbons (Fsp3) is 0.500. The molecule has 2 atom stereocenters. The Morgan fingerprint density at radius 1 is 1.13 bits per heavy atom. The lowest BCUT2D eigenvalue weighted by Gasteiger charge is -2.46. The van der Waals surface area contributed by atoms with Crippen LogP contribution >= 0.6 is 11.3 Å². The summed E-state index contributed by atoms with van der Waals surface area (Å²) in [4.78, 5) is 27.4. The van der Waals surface area contributed by atoms with E-state index >= 15 is 0 Å². The number of carbonyl (C=O) groups excluding carboxylic acids is 1. The van der Waals surface area contributed by atoms with E-state index in [4.69, 9.17) is 0 Å². The van der Waals surface area contributed by atoms with Gasteiger partial charge in [-0.25, -0.2) is 4.79 Å². The summed E-state index contributed by atoms with van der Waals surface area (Å²) >= 11 is 1.15. The van der Waals surface area contributed by atoms with Crippen molar-refractivity contribution in [2.75, 3.05) is 4.90 Å². The Balaban J connectivity index is 1.87. The van der Waals surface area contributed by atoms with E-state index < -0.39 is 11.6 Å². The van der Waals surface area contributed by atoms with Gasteiger partial charge in [0.05, 0.1) is 5.69 Å². The molecule has 4 rings (SSSR count). The standard InChI is InChI=1S/C24H29NO4S/c1-15-8-10-16(11-9-15)18-14-30-21(22(26)27)20(18)25-19(17-6-4-3-5-7-17)12-13-24(2,29)23(25)28/h8-11,14,17,19,29H,3-7,12-13H2,1-2H3,(H,26,27). The summed E-state index contributed by atoms with van der Waals surface area (Å²) in [7, 11) is 0. The molecule has 2 unspecified atom stereocenters. The number of carboxylic acid groups (broad SMARTS) is 1. The van der Waals surface area contributed by atoms with Crippen LogP contribution in [0.25, 0.3) is 11.1 Å². The van der Waals surface area contributed by atoms with E-state index in [1.807, 2.05) is 36.6 Å². The number of aromatic carboxylic acids is 1. The van der Waals surface area contributed by atoms with Crippen LogP contribution in [-0.2, 0) is 4.79 Å². The van der Waals surface area contributed by atoms with Crippen LogP contribution in [0.4, 0.5) is 5.69 Å². The molecule has 2 fully saturated rings. The number of hydrogen-bond donors (Lipinski definition) is 2. The highest BCUT2D eigenvalue weighted by Gasteiger charge is 2.47. The summed E-state index contributed by atoms with van der Waals surface area (Å²) in [5, 5.41) is 22.6. The van der Waals surface area contributed by atoms with E-state index in [1.54, 1.807) is 11.8 Å². The van der Waals surface area contributed by atoms with Gasteiger partial charge in [-0.1, -0.05) is 49.1 Å². The van der Waals surface area contributed by atoms with E-state index in [1.165, 1.54) is 6.42 Å². The third-order valence-corrected chi connectivity index (χ3v) is 7.65. The van der Waals surface area contributed by atoms with Crippen LogP contribution in [0.5, 0.6) is 0 Å². The van der Waals surface area contributed by atoms with Crippen LogP contribution in [0.3, 0.4) is 0 Å². The van der Waals surface area contributed by atoms with Gasteiger partial charge < -0.3 is 15.1 Å². The smallest absolute Gasteiger partial charge is 0.348 e. The molecule has 2 aromatic rings. The number of aliphatic hydroxyl groups is 1. The SMILES string of the molecule is Cc1ccc(-c2csc(C(=O)O)c2N2C(=O)C(C)(O)CCC2C2CCCCC2)cc1. The monoisotopic (exact) mass is 427 g/mol. The lowest BCUT2D eigenvalue weighted by molar-refractivity contribution is -0.139. The third kappa shape index (κ3) is 3.79. The van der Waals surface area contributed by atoms with Crippen molar-refractivity contribution in [3.8, 4) is 11.1 Å². The summed E-state index contributed by atoms with van der Waals surface area (Å²) in [6.45, 7) is 3.56. The molecule has 1 aromatic heterocycles. The molecule has 1 aliphatic carbocycles. The fourth-order valence-corrected chi connectivity index (χ4v) is 5.89. The molecular weight excluding hydrogens is 398 g/mol. The first-order valence-electron chi connectivity index (χ1n) is 10.8. The molecule has 2 heterocycles. The Labute approximate surface area is 181 Å². The molecule has 0 radical (unpaired) electrons. The van der Waals surface area contributed by atoms with Gasteiger partial charge >= 0.3 is 5.97 Å². The minimum Gasteiger partial charge on any atom is -0.477 e. The first-order valence-corrected chi connectivity index (χ1v) is 11.7. The molecule has 2 aliphatic rings.